The maximum atomic E-state index is 6.49. The topological polar surface area (TPSA) is 65.7 Å². The fourth-order valence-corrected chi connectivity index (χ4v) is 2.66. The summed E-state index contributed by atoms with van der Waals surface area (Å²) in [4.78, 5) is 0. The van der Waals surface area contributed by atoms with Gasteiger partial charge in [0.25, 0.3) is 0 Å². The Bertz CT molecular complexity index is 273. The molecule has 1 saturated carbocycles. The van der Waals surface area contributed by atoms with Crippen molar-refractivity contribution in [2.24, 2.45) is 11.1 Å². The average Bonchev–Trinajstić information content (AvgIpc) is 2.37. The Morgan fingerprint density at radius 2 is 2.05 bits per heavy atom. The summed E-state index contributed by atoms with van der Waals surface area (Å²) < 4.78 is 16.1. The van der Waals surface area contributed by atoms with E-state index in [4.69, 9.17) is 19.9 Å². The van der Waals surface area contributed by atoms with Crippen LogP contribution in [0.15, 0.2) is 0 Å². The first-order valence-electron chi connectivity index (χ1n) is 7.04. The standard InChI is InChI=1S/C14H30N2O3/c1-6-19-12-7-14(15,13(12,2)3)10-16-8-11(18-5)9-17-4/h11-12,16H,6-10,15H2,1-5H3. The molecule has 0 heterocycles. The Balaban J connectivity index is 2.37. The highest BCUT2D eigenvalue weighted by Crippen LogP contribution is 2.49. The van der Waals surface area contributed by atoms with Crippen LogP contribution in [0.25, 0.3) is 0 Å². The zero-order chi connectivity index (χ0) is 14.5. The van der Waals surface area contributed by atoms with Crippen molar-refractivity contribution in [3.8, 4) is 0 Å². The molecule has 1 fully saturated rings. The van der Waals surface area contributed by atoms with Crippen molar-refractivity contribution in [2.75, 3.05) is 40.5 Å². The molecule has 0 bridgehead atoms. The van der Waals surface area contributed by atoms with E-state index in [0.717, 1.165) is 26.1 Å². The Morgan fingerprint density at radius 3 is 2.53 bits per heavy atom. The lowest BCUT2D eigenvalue weighted by Gasteiger charge is -2.59. The van der Waals surface area contributed by atoms with Gasteiger partial charge in [0.2, 0.25) is 0 Å². The van der Waals surface area contributed by atoms with E-state index in [1.165, 1.54) is 0 Å². The molecule has 1 aliphatic carbocycles. The maximum absolute atomic E-state index is 6.49. The quantitative estimate of drug-likeness (QED) is 0.650. The van der Waals surface area contributed by atoms with Crippen LogP contribution in [0, 0.1) is 5.41 Å². The monoisotopic (exact) mass is 274 g/mol. The average molecular weight is 274 g/mol. The van der Waals surface area contributed by atoms with Gasteiger partial charge in [-0.1, -0.05) is 13.8 Å². The summed E-state index contributed by atoms with van der Waals surface area (Å²) in [5.41, 5.74) is 6.28. The van der Waals surface area contributed by atoms with Gasteiger partial charge in [0, 0.05) is 44.9 Å². The van der Waals surface area contributed by atoms with E-state index in [2.05, 4.69) is 19.2 Å². The summed E-state index contributed by atoms with van der Waals surface area (Å²) in [6.07, 6.45) is 1.24. The van der Waals surface area contributed by atoms with E-state index in [1.807, 2.05) is 6.92 Å². The van der Waals surface area contributed by atoms with Gasteiger partial charge in [-0.15, -0.1) is 0 Å². The number of hydrogen-bond donors (Lipinski definition) is 2. The van der Waals surface area contributed by atoms with E-state index < -0.39 is 0 Å². The molecular weight excluding hydrogens is 244 g/mol. The predicted octanol–water partition coefficient (Wildman–Crippen LogP) is 0.770. The minimum absolute atomic E-state index is 0.000164. The van der Waals surface area contributed by atoms with Crippen LogP contribution in [0.3, 0.4) is 0 Å². The lowest BCUT2D eigenvalue weighted by Crippen LogP contribution is -2.73. The van der Waals surface area contributed by atoms with Crippen molar-refractivity contribution < 1.29 is 14.2 Å². The van der Waals surface area contributed by atoms with Crippen molar-refractivity contribution in [1.82, 2.24) is 5.32 Å². The molecule has 0 radical (unpaired) electrons. The minimum atomic E-state index is -0.210. The molecule has 0 saturated heterocycles. The van der Waals surface area contributed by atoms with Crippen molar-refractivity contribution in [3.05, 3.63) is 0 Å². The molecule has 0 aromatic heterocycles. The van der Waals surface area contributed by atoms with E-state index in [9.17, 15) is 0 Å². The summed E-state index contributed by atoms with van der Waals surface area (Å²) in [5, 5.41) is 3.40. The highest BCUT2D eigenvalue weighted by molar-refractivity contribution is 5.14. The third-order valence-electron chi connectivity index (χ3n) is 4.50. The van der Waals surface area contributed by atoms with Crippen LogP contribution < -0.4 is 11.1 Å². The molecular formula is C14H30N2O3. The van der Waals surface area contributed by atoms with Crippen LogP contribution in [-0.4, -0.2) is 58.3 Å². The van der Waals surface area contributed by atoms with Crippen LogP contribution in [0.1, 0.15) is 27.2 Å². The Labute approximate surface area is 117 Å². The molecule has 1 rings (SSSR count). The molecule has 3 unspecified atom stereocenters. The number of ether oxygens (including phenoxy) is 3. The fourth-order valence-electron chi connectivity index (χ4n) is 2.66. The second-order valence-electron chi connectivity index (χ2n) is 5.97. The highest BCUT2D eigenvalue weighted by Gasteiger charge is 2.58. The molecule has 19 heavy (non-hydrogen) atoms. The zero-order valence-electron chi connectivity index (χ0n) is 13.0. The third kappa shape index (κ3) is 3.67. The lowest BCUT2D eigenvalue weighted by molar-refractivity contribution is -0.148. The molecule has 1 aliphatic rings. The SMILES string of the molecule is CCOC1CC(N)(CNCC(COC)OC)C1(C)C. The molecule has 0 aromatic rings. The van der Waals surface area contributed by atoms with Crippen LogP contribution in [0.2, 0.25) is 0 Å². The molecule has 3 N–H and O–H groups in total. The first-order valence-corrected chi connectivity index (χ1v) is 7.04. The minimum Gasteiger partial charge on any atom is -0.382 e. The summed E-state index contributed by atoms with van der Waals surface area (Å²) >= 11 is 0. The molecule has 0 aromatic carbocycles. The zero-order valence-corrected chi connectivity index (χ0v) is 13.0. The Hall–Kier alpha value is -0.200. The van der Waals surface area contributed by atoms with Gasteiger partial charge in [0.05, 0.1) is 18.8 Å². The van der Waals surface area contributed by atoms with Crippen LogP contribution in [0.5, 0.6) is 0 Å². The predicted molar refractivity (Wildman–Crippen MR) is 76.3 cm³/mol. The summed E-state index contributed by atoms with van der Waals surface area (Å²) in [6.45, 7) is 9.25. The normalized spacial score (nSPS) is 30.9. The van der Waals surface area contributed by atoms with Gasteiger partial charge < -0.3 is 25.3 Å². The van der Waals surface area contributed by atoms with Crippen LogP contribution in [-0.2, 0) is 14.2 Å². The van der Waals surface area contributed by atoms with Gasteiger partial charge in [-0.2, -0.15) is 0 Å². The van der Waals surface area contributed by atoms with Gasteiger partial charge >= 0.3 is 0 Å². The first-order chi connectivity index (χ1) is 8.91. The van der Waals surface area contributed by atoms with E-state index in [-0.39, 0.29) is 23.2 Å². The fraction of sp³-hybridized carbons (Fsp3) is 1.00. The van der Waals surface area contributed by atoms with E-state index >= 15 is 0 Å². The molecule has 5 nitrogen and oxygen atoms in total. The van der Waals surface area contributed by atoms with Crippen LogP contribution in [0.4, 0.5) is 0 Å². The summed E-state index contributed by atoms with van der Waals surface area (Å²) in [6, 6.07) is 0. The molecule has 3 atom stereocenters. The van der Waals surface area contributed by atoms with Gasteiger partial charge in [-0.05, 0) is 13.3 Å². The number of nitrogens with one attached hydrogen (secondary N) is 1. The Kier molecular flexibility index (Phi) is 6.20. The largest absolute Gasteiger partial charge is 0.382 e. The maximum Gasteiger partial charge on any atom is 0.0928 e. The molecule has 5 heteroatoms. The summed E-state index contributed by atoms with van der Waals surface area (Å²) in [7, 11) is 3.38. The second-order valence-corrected chi connectivity index (χ2v) is 5.97. The third-order valence-corrected chi connectivity index (χ3v) is 4.50. The van der Waals surface area contributed by atoms with E-state index in [0.29, 0.717) is 6.61 Å². The van der Waals surface area contributed by atoms with Gasteiger partial charge in [-0.3, -0.25) is 0 Å². The van der Waals surface area contributed by atoms with Crippen molar-refractivity contribution in [2.45, 2.75) is 44.9 Å². The van der Waals surface area contributed by atoms with Gasteiger partial charge in [-0.25, -0.2) is 0 Å². The molecule has 114 valence electrons. The van der Waals surface area contributed by atoms with Crippen molar-refractivity contribution in [3.63, 3.8) is 0 Å². The smallest absolute Gasteiger partial charge is 0.0928 e. The van der Waals surface area contributed by atoms with Crippen molar-refractivity contribution in [1.29, 1.82) is 0 Å². The van der Waals surface area contributed by atoms with E-state index in [1.54, 1.807) is 14.2 Å². The summed E-state index contributed by atoms with van der Waals surface area (Å²) in [5.74, 6) is 0. The molecule has 0 amide bonds. The highest BCUT2D eigenvalue weighted by atomic mass is 16.5. The van der Waals surface area contributed by atoms with Crippen molar-refractivity contribution >= 4 is 0 Å². The number of hydrogen-bond acceptors (Lipinski definition) is 5. The Morgan fingerprint density at radius 1 is 1.37 bits per heavy atom. The van der Waals surface area contributed by atoms with Gasteiger partial charge in [0.15, 0.2) is 0 Å². The number of rotatable bonds is 9. The van der Waals surface area contributed by atoms with Gasteiger partial charge in [0.1, 0.15) is 0 Å². The first kappa shape index (κ1) is 16.9. The lowest BCUT2D eigenvalue weighted by atomic mass is 9.54. The number of methoxy groups -OCH3 is 2. The second kappa shape index (κ2) is 6.99. The molecule has 0 spiro atoms. The van der Waals surface area contributed by atoms with Crippen LogP contribution >= 0.6 is 0 Å². The molecule has 0 aliphatic heterocycles. The number of nitrogens with two attached hydrogens (primary N) is 1.